The van der Waals surface area contributed by atoms with E-state index >= 15 is 0 Å². The maximum Gasteiger partial charge on any atom is 0.434 e. The van der Waals surface area contributed by atoms with E-state index in [9.17, 15) is 52.7 Å². The number of rotatable bonds is 7. The Morgan fingerprint density at radius 1 is 0.879 bits per heavy atom. The molecule has 1 aromatic carbocycles. The Labute approximate surface area is 177 Å². The maximum absolute atomic E-state index is 14.2. The molecule has 0 atom stereocenters. The van der Waals surface area contributed by atoms with E-state index in [2.05, 4.69) is 16.1 Å². The Hall–Kier alpha value is -2.74. The summed E-state index contributed by atoms with van der Waals surface area (Å²) in [6.07, 6.45) is -16.6. The molecule has 0 amide bonds. The highest BCUT2D eigenvalue weighted by Crippen LogP contribution is 2.60. The van der Waals surface area contributed by atoms with Crippen LogP contribution in [0.25, 0.3) is 0 Å². The van der Waals surface area contributed by atoms with E-state index in [1.165, 1.54) is 6.08 Å². The Morgan fingerprint density at radius 3 is 1.85 bits per heavy atom. The summed E-state index contributed by atoms with van der Waals surface area (Å²) in [6.45, 7) is 3.40. The Bertz CT molecular complexity index is 917. The third-order valence-electron chi connectivity index (χ3n) is 4.22. The standard InChI is InChI=1S/C18H12F12O3/c1-3-4-8-5-6-9(10(7-8)31-2)32-11-12(15(21,22)18(29,30)14(11,19)20)33-13(16(23,24)25)17(26,27)28/h3,5-7,13H,1,4H2,2H3. The van der Waals surface area contributed by atoms with E-state index in [-0.39, 0.29) is 6.42 Å². The van der Waals surface area contributed by atoms with Crippen molar-refractivity contribution in [3.63, 3.8) is 0 Å². The fourth-order valence-electron chi connectivity index (χ4n) is 2.64. The molecule has 1 aliphatic carbocycles. The Balaban J connectivity index is 2.71. The van der Waals surface area contributed by atoms with Crippen molar-refractivity contribution >= 4 is 0 Å². The minimum atomic E-state index is -6.50. The zero-order chi connectivity index (χ0) is 25.6. The van der Waals surface area contributed by atoms with Crippen molar-refractivity contribution in [1.29, 1.82) is 0 Å². The molecule has 0 N–H and O–H groups in total. The largest absolute Gasteiger partial charge is 0.493 e. The SMILES string of the molecule is C=CCc1ccc(OC2=C(OC(C(F)(F)F)C(F)(F)F)C(F)(F)C(F)(F)C2(F)F)c(OC)c1. The topological polar surface area (TPSA) is 27.7 Å². The lowest BCUT2D eigenvalue weighted by molar-refractivity contribution is -0.325. The molecule has 0 saturated heterocycles. The minimum absolute atomic E-state index is 0.152. The van der Waals surface area contributed by atoms with Gasteiger partial charge in [-0.3, -0.25) is 0 Å². The predicted octanol–water partition coefficient (Wildman–Crippen LogP) is 6.44. The van der Waals surface area contributed by atoms with E-state index in [4.69, 9.17) is 4.74 Å². The van der Waals surface area contributed by atoms with Crippen LogP contribution in [-0.2, 0) is 11.2 Å². The minimum Gasteiger partial charge on any atom is -0.493 e. The molecule has 0 radical (unpaired) electrons. The molecule has 15 heteroatoms. The van der Waals surface area contributed by atoms with Gasteiger partial charge in [0.05, 0.1) is 7.11 Å². The van der Waals surface area contributed by atoms with Gasteiger partial charge in [-0.05, 0) is 24.1 Å². The fraction of sp³-hybridized carbons (Fsp3) is 0.444. The van der Waals surface area contributed by atoms with Crippen LogP contribution in [0.5, 0.6) is 11.5 Å². The number of hydrogen-bond acceptors (Lipinski definition) is 3. The summed E-state index contributed by atoms with van der Waals surface area (Å²) < 4.78 is 173. The van der Waals surface area contributed by atoms with Gasteiger partial charge in [0.2, 0.25) is 11.5 Å². The van der Waals surface area contributed by atoms with Crippen molar-refractivity contribution in [2.45, 2.75) is 42.6 Å². The van der Waals surface area contributed by atoms with Crippen LogP contribution in [-0.4, -0.2) is 43.3 Å². The second kappa shape index (κ2) is 8.24. The van der Waals surface area contributed by atoms with Gasteiger partial charge in [-0.2, -0.15) is 52.7 Å². The first-order chi connectivity index (χ1) is 14.8. The smallest absolute Gasteiger partial charge is 0.434 e. The summed E-state index contributed by atoms with van der Waals surface area (Å²) in [5, 5.41) is 0. The van der Waals surface area contributed by atoms with Crippen LogP contribution in [0.4, 0.5) is 52.7 Å². The molecule has 0 fully saturated rings. The van der Waals surface area contributed by atoms with Gasteiger partial charge in [0.25, 0.3) is 6.10 Å². The van der Waals surface area contributed by atoms with Crippen LogP contribution in [0.1, 0.15) is 5.56 Å². The average Bonchev–Trinajstić information content (AvgIpc) is 2.74. The van der Waals surface area contributed by atoms with Gasteiger partial charge in [0, 0.05) is 0 Å². The summed E-state index contributed by atoms with van der Waals surface area (Å²) in [4.78, 5) is 0. The molecule has 0 saturated carbocycles. The Kier molecular flexibility index (Phi) is 6.62. The molecule has 0 heterocycles. The molecule has 186 valence electrons. The number of halogens is 12. The highest BCUT2D eigenvalue weighted by molar-refractivity contribution is 5.46. The van der Waals surface area contributed by atoms with Gasteiger partial charge >= 0.3 is 30.1 Å². The zero-order valence-electron chi connectivity index (χ0n) is 16.1. The monoisotopic (exact) mass is 504 g/mol. The summed E-state index contributed by atoms with van der Waals surface area (Å²) in [5.74, 6) is -26.7. The van der Waals surface area contributed by atoms with Crippen LogP contribution in [0.3, 0.4) is 0 Å². The second-order valence-corrected chi connectivity index (χ2v) is 6.54. The van der Waals surface area contributed by atoms with Gasteiger partial charge in [-0.25, -0.2) is 0 Å². The first-order valence-corrected chi connectivity index (χ1v) is 8.46. The normalized spacial score (nSPS) is 19.6. The van der Waals surface area contributed by atoms with E-state index in [0.717, 1.165) is 25.3 Å². The highest BCUT2D eigenvalue weighted by Gasteiger charge is 2.84. The van der Waals surface area contributed by atoms with E-state index in [0.29, 0.717) is 5.56 Å². The highest BCUT2D eigenvalue weighted by atomic mass is 19.4. The molecule has 33 heavy (non-hydrogen) atoms. The number of methoxy groups -OCH3 is 1. The lowest BCUT2D eigenvalue weighted by Gasteiger charge is -2.27. The number of alkyl halides is 12. The van der Waals surface area contributed by atoms with Gasteiger partial charge in [0.1, 0.15) is 0 Å². The number of allylic oxidation sites excluding steroid dienone is 3. The van der Waals surface area contributed by atoms with Crippen molar-refractivity contribution in [1.82, 2.24) is 0 Å². The van der Waals surface area contributed by atoms with Crippen molar-refractivity contribution in [2.75, 3.05) is 7.11 Å². The van der Waals surface area contributed by atoms with Crippen molar-refractivity contribution < 1.29 is 66.9 Å². The summed E-state index contributed by atoms with van der Waals surface area (Å²) in [6, 6.07) is 2.88. The van der Waals surface area contributed by atoms with Crippen molar-refractivity contribution in [3.8, 4) is 11.5 Å². The number of ether oxygens (including phenoxy) is 3. The van der Waals surface area contributed by atoms with Gasteiger partial charge < -0.3 is 14.2 Å². The van der Waals surface area contributed by atoms with E-state index in [1.807, 2.05) is 0 Å². The molecule has 0 spiro atoms. The second-order valence-electron chi connectivity index (χ2n) is 6.54. The molecule has 0 aliphatic heterocycles. The third kappa shape index (κ3) is 4.53. The summed E-state index contributed by atoms with van der Waals surface area (Å²) >= 11 is 0. The van der Waals surface area contributed by atoms with Crippen LogP contribution < -0.4 is 9.47 Å². The third-order valence-corrected chi connectivity index (χ3v) is 4.22. The molecule has 2 rings (SSSR count). The molecule has 1 aliphatic rings. The lowest BCUT2D eigenvalue weighted by Crippen LogP contribution is -2.51. The summed E-state index contributed by atoms with van der Waals surface area (Å²) in [7, 11) is 0.908. The lowest BCUT2D eigenvalue weighted by atomic mass is 10.1. The van der Waals surface area contributed by atoms with Crippen LogP contribution >= 0.6 is 0 Å². The number of hydrogen-bond donors (Lipinski definition) is 0. The molecule has 0 bridgehead atoms. The zero-order valence-corrected chi connectivity index (χ0v) is 16.1. The van der Waals surface area contributed by atoms with Gasteiger partial charge in [-0.15, -0.1) is 6.58 Å². The van der Waals surface area contributed by atoms with Crippen LogP contribution in [0.2, 0.25) is 0 Å². The molecular formula is C18H12F12O3. The number of benzene rings is 1. The van der Waals surface area contributed by atoms with Crippen LogP contribution in [0.15, 0.2) is 42.4 Å². The van der Waals surface area contributed by atoms with Crippen molar-refractivity contribution in [2.24, 2.45) is 0 Å². The quantitative estimate of drug-likeness (QED) is 0.316. The molecule has 0 aromatic heterocycles. The van der Waals surface area contributed by atoms with E-state index < -0.39 is 59.2 Å². The Morgan fingerprint density at radius 2 is 1.39 bits per heavy atom. The van der Waals surface area contributed by atoms with E-state index in [1.54, 1.807) is 0 Å². The summed E-state index contributed by atoms with van der Waals surface area (Å²) in [5.41, 5.74) is 0.364. The van der Waals surface area contributed by atoms with Gasteiger partial charge in [0.15, 0.2) is 11.5 Å². The first kappa shape index (κ1) is 26.5. The maximum atomic E-state index is 14.2. The van der Waals surface area contributed by atoms with Gasteiger partial charge in [-0.1, -0.05) is 12.1 Å². The predicted molar refractivity (Wildman–Crippen MR) is 86.4 cm³/mol. The van der Waals surface area contributed by atoms with Crippen molar-refractivity contribution in [3.05, 3.63) is 47.9 Å². The fourth-order valence-corrected chi connectivity index (χ4v) is 2.64. The average molecular weight is 504 g/mol. The molecular weight excluding hydrogens is 492 g/mol. The first-order valence-electron chi connectivity index (χ1n) is 8.46. The molecule has 0 unspecified atom stereocenters. The van der Waals surface area contributed by atoms with Crippen LogP contribution in [0, 0.1) is 0 Å². The molecule has 1 aromatic rings. The molecule has 3 nitrogen and oxygen atoms in total.